The summed E-state index contributed by atoms with van der Waals surface area (Å²) in [6.45, 7) is 12.2. The van der Waals surface area contributed by atoms with Crippen LogP contribution in [0.3, 0.4) is 0 Å². The van der Waals surface area contributed by atoms with E-state index in [2.05, 4.69) is 20.6 Å². The van der Waals surface area contributed by atoms with Gasteiger partial charge in [0.2, 0.25) is 0 Å². The normalized spacial score (nSPS) is 12.5. The Bertz CT molecular complexity index is 1860. The SMILES string of the molecule is CC(=O)OCCCn1ccc(-c2cc3c(NC(C)c4cc(NC(=O)OC(C)(C)C)cc(C(F)(F)F)c4)nc(C)nc3cc2C)cc1=O. The fourth-order valence-electron chi connectivity index (χ4n) is 4.98. The first-order chi connectivity index (χ1) is 21.9. The number of aryl methyl sites for hydroxylation is 3. The molecule has 47 heavy (non-hydrogen) atoms. The fourth-order valence-corrected chi connectivity index (χ4v) is 4.98. The summed E-state index contributed by atoms with van der Waals surface area (Å²) in [4.78, 5) is 45.4. The van der Waals surface area contributed by atoms with E-state index in [0.717, 1.165) is 23.3 Å². The maximum Gasteiger partial charge on any atom is 0.416 e. The number of fused-ring (bicyclic) bond motifs is 1. The third-order valence-corrected chi connectivity index (χ3v) is 7.09. The van der Waals surface area contributed by atoms with Crippen molar-refractivity contribution in [3.8, 4) is 11.1 Å². The number of hydrogen-bond acceptors (Lipinski definition) is 8. The molecule has 0 spiro atoms. The largest absolute Gasteiger partial charge is 0.466 e. The highest BCUT2D eigenvalue weighted by atomic mass is 19.4. The molecule has 0 bridgehead atoms. The number of hydrogen-bond donors (Lipinski definition) is 2. The molecular weight excluding hydrogens is 615 g/mol. The standard InChI is InChI=1S/C34H38F3N5O5/c1-19-13-29-28(18-27(19)23-9-11-42(30(44)16-23)10-8-12-46-22(4)43)31(40-21(3)39-29)38-20(2)24-14-25(34(35,36)37)17-26(15-24)41-32(45)47-33(5,6)7/h9,11,13-18,20H,8,10,12H2,1-7H3,(H,41,45)(H,38,39,40). The zero-order valence-electron chi connectivity index (χ0n) is 27.3. The van der Waals surface area contributed by atoms with Gasteiger partial charge in [0.15, 0.2) is 0 Å². The van der Waals surface area contributed by atoms with Crippen molar-refractivity contribution in [1.82, 2.24) is 14.5 Å². The van der Waals surface area contributed by atoms with Crippen molar-refractivity contribution in [2.45, 2.75) is 79.3 Å². The van der Waals surface area contributed by atoms with Gasteiger partial charge in [-0.05, 0) is 107 Å². The Morgan fingerprint density at radius 1 is 1.02 bits per heavy atom. The van der Waals surface area contributed by atoms with Crippen molar-refractivity contribution in [3.63, 3.8) is 0 Å². The average Bonchev–Trinajstić information content (AvgIpc) is 2.93. The van der Waals surface area contributed by atoms with Gasteiger partial charge in [-0.1, -0.05) is 0 Å². The Balaban J connectivity index is 1.67. The van der Waals surface area contributed by atoms with Crippen LogP contribution in [0.15, 0.2) is 53.5 Å². The molecule has 0 saturated heterocycles. The molecule has 1 amide bonds. The summed E-state index contributed by atoms with van der Waals surface area (Å²) in [5, 5.41) is 6.24. The minimum absolute atomic E-state index is 0.0690. The monoisotopic (exact) mass is 653 g/mol. The van der Waals surface area contributed by atoms with E-state index in [0.29, 0.717) is 41.1 Å². The predicted molar refractivity (Wildman–Crippen MR) is 173 cm³/mol. The number of halogens is 3. The maximum absolute atomic E-state index is 13.9. The van der Waals surface area contributed by atoms with Crippen LogP contribution in [-0.4, -0.2) is 38.8 Å². The molecule has 0 aliphatic heterocycles. The molecule has 2 aromatic heterocycles. The van der Waals surface area contributed by atoms with Crippen LogP contribution in [0, 0.1) is 13.8 Å². The van der Waals surface area contributed by atoms with Gasteiger partial charge in [0.25, 0.3) is 5.56 Å². The molecule has 13 heteroatoms. The smallest absolute Gasteiger partial charge is 0.416 e. The number of alkyl halides is 3. The molecule has 4 aromatic rings. The lowest BCUT2D eigenvalue weighted by Gasteiger charge is -2.22. The van der Waals surface area contributed by atoms with Gasteiger partial charge in [-0.25, -0.2) is 14.8 Å². The van der Waals surface area contributed by atoms with E-state index in [1.807, 2.05) is 25.1 Å². The number of carbonyl (C=O) groups is 2. The zero-order valence-corrected chi connectivity index (χ0v) is 27.3. The van der Waals surface area contributed by atoms with Crippen LogP contribution in [0.4, 0.5) is 29.5 Å². The number of anilines is 2. The van der Waals surface area contributed by atoms with Crippen LogP contribution >= 0.6 is 0 Å². The molecule has 1 atom stereocenters. The molecule has 0 aliphatic rings. The first-order valence-corrected chi connectivity index (χ1v) is 15.0. The second-order valence-electron chi connectivity index (χ2n) is 12.3. The van der Waals surface area contributed by atoms with Crippen molar-refractivity contribution < 1.29 is 32.2 Å². The molecule has 0 aliphatic carbocycles. The minimum Gasteiger partial charge on any atom is -0.466 e. The van der Waals surface area contributed by atoms with Gasteiger partial charge in [0, 0.05) is 36.8 Å². The Kier molecular flexibility index (Phi) is 10.3. The van der Waals surface area contributed by atoms with E-state index >= 15 is 0 Å². The van der Waals surface area contributed by atoms with Crippen molar-refractivity contribution >= 4 is 34.5 Å². The van der Waals surface area contributed by atoms with Gasteiger partial charge in [-0.3, -0.25) is 14.9 Å². The molecule has 10 nitrogen and oxygen atoms in total. The number of pyridine rings is 1. The molecule has 2 aromatic carbocycles. The molecule has 0 saturated carbocycles. The second-order valence-corrected chi connectivity index (χ2v) is 12.3. The predicted octanol–water partition coefficient (Wildman–Crippen LogP) is 7.57. The number of rotatable bonds is 9. The first-order valence-electron chi connectivity index (χ1n) is 15.0. The van der Waals surface area contributed by atoms with E-state index in [1.54, 1.807) is 40.8 Å². The highest BCUT2D eigenvalue weighted by Gasteiger charge is 2.32. The van der Waals surface area contributed by atoms with E-state index < -0.39 is 29.5 Å². The molecule has 2 N–H and O–H groups in total. The summed E-state index contributed by atoms with van der Waals surface area (Å²) < 4.78 is 53.4. The lowest BCUT2D eigenvalue weighted by molar-refractivity contribution is -0.141. The summed E-state index contributed by atoms with van der Waals surface area (Å²) in [5.74, 6) is 0.461. The van der Waals surface area contributed by atoms with Gasteiger partial charge in [-0.15, -0.1) is 0 Å². The van der Waals surface area contributed by atoms with Gasteiger partial charge in [0.05, 0.1) is 23.7 Å². The summed E-state index contributed by atoms with van der Waals surface area (Å²) in [6, 6.07) is 9.69. The highest BCUT2D eigenvalue weighted by Crippen LogP contribution is 2.36. The number of aromatic nitrogens is 3. The van der Waals surface area contributed by atoms with Crippen molar-refractivity contribution in [2.75, 3.05) is 17.2 Å². The van der Waals surface area contributed by atoms with Crippen molar-refractivity contribution in [2.24, 2.45) is 0 Å². The lowest BCUT2D eigenvalue weighted by atomic mass is 9.98. The number of carbonyl (C=O) groups excluding carboxylic acids is 2. The Morgan fingerprint density at radius 2 is 1.74 bits per heavy atom. The molecule has 0 fully saturated rings. The molecule has 2 heterocycles. The van der Waals surface area contributed by atoms with E-state index in [-0.39, 0.29) is 29.4 Å². The topological polar surface area (TPSA) is 124 Å². The molecule has 0 radical (unpaired) electrons. The Morgan fingerprint density at radius 3 is 2.38 bits per heavy atom. The summed E-state index contributed by atoms with van der Waals surface area (Å²) >= 11 is 0. The van der Waals surface area contributed by atoms with Crippen molar-refractivity contribution in [1.29, 1.82) is 0 Å². The number of esters is 1. The maximum atomic E-state index is 13.9. The summed E-state index contributed by atoms with van der Waals surface area (Å²) in [6.07, 6.45) is -3.37. The van der Waals surface area contributed by atoms with Crippen LogP contribution in [0.1, 0.15) is 69.6 Å². The van der Waals surface area contributed by atoms with Crippen LogP contribution < -0.4 is 16.2 Å². The Labute approximate surface area is 270 Å². The van der Waals surface area contributed by atoms with E-state index in [4.69, 9.17) is 9.47 Å². The van der Waals surface area contributed by atoms with Crippen LogP contribution in [-0.2, 0) is 27.0 Å². The van der Waals surface area contributed by atoms with Gasteiger partial charge in [-0.2, -0.15) is 13.2 Å². The average molecular weight is 654 g/mol. The number of benzene rings is 2. The third kappa shape index (κ3) is 9.30. The van der Waals surface area contributed by atoms with Gasteiger partial charge in [0.1, 0.15) is 17.2 Å². The first kappa shape index (κ1) is 34.9. The summed E-state index contributed by atoms with van der Waals surface area (Å²) in [7, 11) is 0. The van der Waals surface area contributed by atoms with E-state index in [1.165, 1.54) is 23.6 Å². The third-order valence-electron chi connectivity index (χ3n) is 7.09. The molecular formula is C34H38F3N5O5. The number of ether oxygens (including phenoxy) is 2. The molecule has 1 unspecified atom stereocenters. The van der Waals surface area contributed by atoms with Crippen LogP contribution in [0.2, 0.25) is 0 Å². The second kappa shape index (κ2) is 13.8. The highest BCUT2D eigenvalue weighted by molar-refractivity contribution is 5.94. The van der Waals surface area contributed by atoms with E-state index in [9.17, 15) is 27.6 Å². The quantitative estimate of drug-likeness (QED) is 0.140. The van der Waals surface area contributed by atoms with Crippen LogP contribution in [0.5, 0.6) is 0 Å². The summed E-state index contributed by atoms with van der Waals surface area (Å²) in [5.41, 5.74) is 1.08. The lowest BCUT2D eigenvalue weighted by Crippen LogP contribution is -2.27. The van der Waals surface area contributed by atoms with Crippen LogP contribution in [0.25, 0.3) is 22.0 Å². The number of nitrogens with one attached hydrogen (secondary N) is 2. The fraction of sp³-hybridized carbons (Fsp3) is 0.382. The number of nitrogens with zero attached hydrogens (tertiary/aromatic N) is 3. The molecule has 4 rings (SSSR count). The minimum atomic E-state index is -4.67. The Hall–Kier alpha value is -4.94. The van der Waals surface area contributed by atoms with Gasteiger partial charge >= 0.3 is 18.2 Å². The van der Waals surface area contributed by atoms with Crippen molar-refractivity contribution in [3.05, 3.63) is 81.5 Å². The molecule has 250 valence electrons. The van der Waals surface area contributed by atoms with Gasteiger partial charge < -0.3 is 19.4 Å². The number of amides is 1. The zero-order chi connectivity index (χ0) is 34.7.